The second-order valence-corrected chi connectivity index (χ2v) is 6.51. The van der Waals surface area contributed by atoms with Crippen molar-refractivity contribution in [3.8, 4) is 12.3 Å². The summed E-state index contributed by atoms with van der Waals surface area (Å²) in [6.07, 6.45) is 8.07. The molecule has 1 aromatic heterocycles. The van der Waals surface area contributed by atoms with Crippen LogP contribution in [0.1, 0.15) is 29.8 Å². The zero-order valence-corrected chi connectivity index (χ0v) is 14.4. The molecule has 3 heterocycles. The Bertz CT molecular complexity index is 709. The topological polar surface area (TPSA) is 104 Å². The van der Waals surface area contributed by atoms with E-state index in [1.165, 1.54) is 6.26 Å². The molecule has 2 saturated heterocycles. The first kappa shape index (κ1) is 18.0. The molecule has 0 aromatic carbocycles. The fourth-order valence-electron chi connectivity index (χ4n) is 3.55. The highest BCUT2D eigenvalue weighted by Crippen LogP contribution is 2.26. The number of carbonyl (C=O) groups is 3. The molecule has 1 aromatic rings. The molecular weight excluding hydrogens is 336 g/mol. The van der Waals surface area contributed by atoms with Crippen molar-refractivity contribution in [2.24, 2.45) is 0 Å². The Kier molecular flexibility index (Phi) is 5.58. The number of furan rings is 1. The normalized spacial score (nSPS) is 25.0. The fourth-order valence-corrected chi connectivity index (χ4v) is 3.55. The van der Waals surface area contributed by atoms with Crippen molar-refractivity contribution in [1.82, 2.24) is 20.9 Å². The van der Waals surface area contributed by atoms with E-state index in [1.54, 1.807) is 12.1 Å². The molecule has 3 atom stereocenters. The number of hydrogen-bond donors (Lipinski definition) is 3. The van der Waals surface area contributed by atoms with Crippen LogP contribution in [0, 0.1) is 12.3 Å². The number of carbonyl (C=O) groups excluding carboxylic acids is 3. The number of nitrogens with one attached hydrogen (secondary N) is 3. The smallest absolute Gasteiger partial charge is 0.287 e. The van der Waals surface area contributed by atoms with Gasteiger partial charge in [-0.25, -0.2) is 0 Å². The molecule has 2 fully saturated rings. The van der Waals surface area contributed by atoms with Gasteiger partial charge < -0.3 is 20.4 Å². The van der Waals surface area contributed by atoms with Gasteiger partial charge in [-0.2, -0.15) is 0 Å². The van der Waals surface area contributed by atoms with E-state index in [9.17, 15) is 14.4 Å². The number of terminal acetylenes is 1. The quantitative estimate of drug-likeness (QED) is 0.594. The highest BCUT2D eigenvalue weighted by Gasteiger charge is 2.43. The Hall–Kier alpha value is -2.79. The van der Waals surface area contributed by atoms with Crippen molar-refractivity contribution in [2.75, 3.05) is 19.6 Å². The summed E-state index contributed by atoms with van der Waals surface area (Å²) in [5.74, 6) is 2.20. The maximum Gasteiger partial charge on any atom is 0.287 e. The molecule has 0 saturated carbocycles. The van der Waals surface area contributed by atoms with Crippen molar-refractivity contribution in [3.05, 3.63) is 24.2 Å². The Morgan fingerprint density at radius 2 is 2.31 bits per heavy atom. The van der Waals surface area contributed by atoms with Gasteiger partial charge in [0.25, 0.3) is 5.91 Å². The summed E-state index contributed by atoms with van der Waals surface area (Å²) >= 11 is 0. The molecule has 3 N–H and O–H groups in total. The van der Waals surface area contributed by atoms with Gasteiger partial charge in [-0.3, -0.25) is 19.3 Å². The highest BCUT2D eigenvalue weighted by molar-refractivity contribution is 5.91. The minimum Gasteiger partial charge on any atom is -0.459 e. The van der Waals surface area contributed by atoms with Gasteiger partial charge in [0.1, 0.15) is 0 Å². The Balaban J connectivity index is 1.56. The molecule has 0 radical (unpaired) electrons. The minimum absolute atomic E-state index is 0.0345. The number of hydrogen-bond acceptors (Lipinski definition) is 5. The third-order valence-electron chi connectivity index (χ3n) is 4.80. The van der Waals surface area contributed by atoms with Crippen LogP contribution < -0.4 is 16.0 Å². The number of piperazine rings is 1. The maximum atomic E-state index is 12.2. The number of amides is 3. The molecular formula is C18H22N4O4. The molecule has 138 valence electrons. The Labute approximate surface area is 151 Å². The van der Waals surface area contributed by atoms with Crippen LogP contribution in [0.25, 0.3) is 0 Å². The molecule has 0 spiro atoms. The number of fused-ring (bicyclic) bond motifs is 1. The van der Waals surface area contributed by atoms with E-state index in [1.807, 2.05) is 0 Å². The first-order chi connectivity index (χ1) is 12.6. The average molecular weight is 358 g/mol. The van der Waals surface area contributed by atoms with E-state index < -0.39 is 0 Å². The van der Waals surface area contributed by atoms with Crippen molar-refractivity contribution >= 4 is 17.7 Å². The lowest BCUT2D eigenvalue weighted by Gasteiger charge is -2.37. The summed E-state index contributed by atoms with van der Waals surface area (Å²) in [6.45, 7) is 1.28. The molecule has 3 rings (SSSR count). The van der Waals surface area contributed by atoms with Crippen molar-refractivity contribution in [3.63, 3.8) is 0 Å². The van der Waals surface area contributed by atoms with Gasteiger partial charge in [0, 0.05) is 31.6 Å². The molecule has 26 heavy (non-hydrogen) atoms. The average Bonchev–Trinajstić information content (AvgIpc) is 3.29. The summed E-state index contributed by atoms with van der Waals surface area (Å²) in [6, 6.07) is 2.88. The second kappa shape index (κ2) is 8.06. The van der Waals surface area contributed by atoms with Gasteiger partial charge in [-0.15, -0.1) is 6.42 Å². The van der Waals surface area contributed by atoms with E-state index in [-0.39, 0.29) is 48.2 Å². The maximum absolute atomic E-state index is 12.2. The first-order valence-corrected chi connectivity index (χ1v) is 8.66. The van der Waals surface area contributed by atoms with Crippen LogP contribution in [0.2, 0.25) is 0 Å². The lowest BCUT2D eigenvalue weighted by atomic mass is 10.0. The van der Waals surface area contributed by atoms with Gasteiger partial charge >= 0.3 is 0 Å². The minimum atomic E-state index is -0.288. The van der Waals surface area contributed by atoms with Crippen LogP contribution in [0.3, 0.4) is 0 Å². The molecule has 0 aliphatic carbocycles. The second-order valence-electron chi connectivity index (χ2n) is 6.51. The lowest BCUT2D eigenvalue weighted by molar-refractivity contribution is -0.129. The third kappa shape index (κ3) is 4.06. The van der Waals surface area contributed by atoms with E-state index in [0.717, 1.165) is 0 Å². The van der Waals surface area contributed by atoms with E-state index in [0.29, 0.717) is 32.4 Å². The predicted molar refractivity (Wildman–Crippen MR) is 92.9 cm³/mol. The van der Waals surface area contributed by atoms with Gasteiger partial charge in [0.2, 0.25) is 11.8 Å². The molecule has 8 heteroatoms. The van der Waals surface area contributed by atoms with E-state index >= 15 is 0 Å². The molecule has 0 bridgehead atoms. The van der Waals surface area contributed by atoms with Crippen LogP contribution in [0.4, 0.5) is 0 Å². The molecule has 0 unspecified atom stereocenters. The number of rotatable bonds is 6. The van der Waals surface area contributed by atoms with Crippen LogP contribution in [0.15, 0.2) is 22.8 Å². The summed E-state index contributed by atoms with van der Waals surface area (Å²) in [5, 5.41) is 8.45. The summed E-state index contributed by atoms with van der Waals surface area (Å²) in [4.78, 5) is 38.2. The zero-order valence-electron chi connectivity index (χ0n) is 14.4. The van der Waals surface area contributed by atoms with Crippen LogP contribution in [0.5, 0.6) is 0 Å². The standard InChI is InChI=1S/C18H22N4O4/c1-2-7-19-16(23)6-5-13-10-20-17(24)14-9-12(11-22(13)14)21-18(25)15-4-3-8-26-15/h1,3-4,8,12-14H,5-7,9-11H2,(H,19,23)(H,20,24)(H,21,25)/t12-,13+,14-/m0/s1. The highest BCUT2D eigenvalue weighted by atomic mass is 16.3. The summed E-state index contributed by atoms with van der Waals surface area (Å²) in [7, 11) is 0. The zero-order chi connectivity index (χ0) is 18.5. The largest absolute Gasteiger partial charge is 0.459 e. The van der Waals surface area contributed by atoms with E-state index in [4.69, 9.17) is 10.8 Å². The van der Waals surface area contributed by atoms with Crippen LogP contribution in [-0.2, 0) is 9.59 Å². The molecule has 2 aliphatic heterocycles. The SMILES string of the molecule is C#CCNC(=O)CC[C@@H]1CNC(=O)[C@@H]2C[C@H](NC(=O)c3ccco3)CN12. The van der Waals surface area contributed by atoms with Gasteiger partial charge in [0.15, 0.2) is 5.76 Å². The van der Waals surface area contributed by atoms with Crippen LogP contribution in [-0.4, -0.2) is 60.4 Å². The lowest BCUT2D eigenvalue weighted by Crippen LogP contribution is -2.58. The number of nitrogens with zero attached hydrogens (tertiary/aromatic N) is 1. The summed E-state index contributed by atoms with van der Waals surface area (Å²) in [5.41, 5.74) is 0. The van der Waals surface area contributed by atoms with Crippen molar-refractivity contribution in [2.45, 2.75) is 37.4 Å². The van der Waals surface area contributed by atoms with Gasteiger partial charge in [0.05, 0.1) is 18.8 Å². The fraction of sp³-hybridized carbons (Fsp3) is 0.500. The molecule has 2 aliphatic rings. The predicted octanol–water partition coefficient (Wildman–Crippen LogP) is -0.520. The Morgan fingerprint density at radius 3 is 3.04 bits per heavy atom. The van der Waals surface area contributed by atoms with Gasteiger partial charge in [-0.1, -0.05) is 5.92 Å². The monoisotopic (exact) mass is 358 g/mol. The summed E-state index contributed by atoms with van der Waals surface area (Å²) < 4.78 is 5.10. The van der Waals surface area contributed by atoms with Gasteiger partial charge in [-0.05, 0) is 25.0 Å². The third-order valence-corrected chi connectivity index (χ3v) is 4.80. The van der Waals surface area contributed by atoms with Crippen LogP contribution >= 0.6 is 0 Å². The molecule has 3 amide bonds. The van der Waals surface area contributed by atoms with Crippen molar-refractivity contribution < 1.29 is 18.8 Å². The van der Waals surface area contributed by atoms with E-state index in [2.05, 4.69) is 26.8 Å². The van der Waals surface area contributed by atoms with Crippen molar-refractivity contribution in [1.29, 1.82) is 0 Å². The Morgan fingerprint density at radius 1 is 1.46 bits per heavy atom. The molecule has 8 nitrogen and oxygen atoms in total. The first-order valence-electron chi connectivity index (χ1n) is 8.66.